The van der Waals surface area contributed by atoms with Gasteiger partial charge in [-0.2, -0.15) is 0 Å². The summed E-state index contributed by atoms with van der Waals surface area (Å²) in [6.45, 7) is 4.65. The van der Waals surface area contributed by atoms with Gasteiger partial charge in [-0.3, -0.25) is 19.5 Å². The molecule has 0 bridgehead atoms. The molecule has 1 atom stereocenters. The van der Waals surface area contributed by atoms with Crippen molar-refractivity contribution < 1.29 is 18.4 Å². The molecule has 3 aromatic rings. The molecule has 0 radical (unpaired) electrons. The zero-order valence-corrected chi connectivity index (χ0v) is 17.2. The van der Waals surface area contributed by atoms with Gasteiger partial charge >= 0.3 is 0 Å². The molecule has 0 saturated carbocycles. The van der Waals surface area contributed by atoms with Crippen molar-refractivity contribution in [1.82, 2.24) is 14.9 Å². The lowest BCUT2D eigenvalue weighted by molar-refractivity contribution is 0.0957. The lowest BCUT2D eigenvalue weighted by Crippen LogP contribution is -2.34. The van der Waals surface area contributed by atoms with Crippen molar-refractivity contribution in [2.45, 2.75) is 32.2 Å². The van der Waals surface area contributed by atoms with Gasteiger partial charge in [-0.1, -0.05) is 6.92 Å². The number of ketones is 2. The van der Waals surface area contributed by atoms with Crippen LogP contribution in [-0.4, -0.2) is 57.8 Å². The fourth-order valence-electron chi connectivity index (χ4n) is 4.27. The average Bonchev–Trinajstić information content (AvgIpc) is 3.56. The van der Waals surface area contributed by atoms with Crippen LogP contribution in [0.1, 0.15) is 47.2 Å². The molecule has 1 fully saturated rings. The van der Waals surface area contributed by atoms with Crippen LogP contribution in [0.4, 0.5) is 0 Å². The second-order valence-electron chi connectivity index (χ2n) is 7.71. The number of Topliss-reactive ketones (excluding diaryl/α,β-unsaturated/α-hetero) is 2. The van der Waals surface area contributed by atoms with Crippen molar-refractivity contribution in [3.63, 3.8) is 0 Å². The Kier molecular flexibility index (Phi) is 5.07. The molecule has 4 heterocycles. The Morgan fingerprint density at radius 2 is 1.71 bits per heavy atom. The van der Waals surface area contributed by atoms with Crippen molar-refractivity contribution in [3.8, 4) is 22.9 Å². The first-order chi connectivity index (χ1) is 15.2. The number of likely N-dealkylation sites (N-methyl/N-ethyl adjacent to an activating group) is 1. The van der Waals surface area contributed by atoms with E-state index in [2.05, 4.69) is 26.8 Å². The van der Waals surface area contributed by atoms with E-state index in [1.165, 1.54) is 12.5 Å². The number of fused-ring (bicyclic) bond motifs is 1. The number of aromatic nitrogens is 2. The smallest absolute Gasteiger partial charge is 0.227 e. The topological polar surface area (TPSA) is 102 Å². The van der Waals surface area contributed by atoms with Crippen LogP contribution < -0.4 is 0 Å². The maximum absolute atomic E-state index is 13.2. The maximum atomic E-state index is 13.2. The van der Waals surface area contributed by atoms with Gasteiger partial charge in [-0.05, 0) is 50.2 Å². The fourth-order valence-corrected chi connectivity index (χ4v) is 4.27. The molecule has 5 rings (SSSR count). The van der Waals surface area contributed by atoms with E-state index in [1.54, 1.807) is 24.3 Å². The second kappa shape index (κ2) is 8.03. The Hall–Kier alpha value is -3.39. The molecule has 0 N–H and O–H groups in total. The van der Waals surface area contributed by atoms with Crippen molar-refractivity contribution >= 4 is 17.3 Å². The summed E-state index contributed by atoms with van der Waals surface area (Å²) in [6.07, 6.45) is 5.16. The van der Waals surface area contributed by atoms with Crippen molar-refractivity contribution in [1.29, 1.82) is 0 Å². The first-order valence-electron chi connectivity index (χ1n) is 10.5. The van der Waals surface area contributed by atoms with E-state index >= 15 is 0 Å². The summed E-state index contributed by atoms with van der Waals surface area (Å²) in [6, 6.07) is 7.22. The summed E-state index contributed by atoms with van der Waals surface area (Å²) >= 11 is 0. The Balaban J connectivity index is 1.54. The number of likely N-dealkylation sites (tertiary alicyclic amines) is 1. The zero-order valence-electron chi connectivity index (χ0n) is 17.2. The van der Waals surface area contributed by atoms with Crippen LogP contribution >= 0.6 is 0 Å². The minimum absolute atomic E-state index is 0.0236. The number of carbonyl (C=O) groups excluding carboxylic acids is 2. The summed E-state index contributed by atoms with van der Waals surface area (Å²) in [4.78, 5) is 42.0. The van der Waals surface area contributed by atoms with E-state index in [9.17, 15) is 9.59 Å². The molecule has 8 nitrogen and oxygen atoms in total. The van der Waals surface area contributed by atoms with Gasteiger partial charge in [-0.25, -0.2) is 9.97 Å². The van der Waals surface area contributed by atoms with Gasteiger partial charge in [0, 0.05) is 6.04 Å². The summed E-state index contributed by atoms with van der Waals surface area (Å²) in [7, 11) is 0. The summed E-state index contributed by atoms with van der Waals surface area (Å²) in [5.41, 5.74) is 1.06. The van der Waals surface area contributed by atoms with E-state index in [0.717, 1.165) is 25.9 Å². The minimum atomic E-state index is -0.345. The number of rotatable bonds is 5. The number of nitrogens with zero attached hydrogens (tertiary/aromatic N) is 4. The average molecular weight is 418 g/mol. The Labute approximate surface area is 179 Å². The summed E-state index contributed by atoms with van der Waals surface area (Å²) < 4.78 is 11.0. The highest BCUT2D eigenvalue weighted by Crippen LogP contribution is 2.32. The van der Waals surface area contributed by atoms with Gasteiger partial charge in [0.05, 0.1) is 31.2 Å². The second-order valence-corrected chi connectivity index (χ2v) is 7.71. The SMILES string of the molecule is CCN1CCCC1CN=C1CC(=O)c2nc(-c3ccco3)c(-c3ccco3)nc2C1=O. The quantitative estimate of drug-likeness (QED) is 0.623. The van der Waals surface area contributed by atoms with Gasteiger partial charge in [-0.15, -0.1) is 0 Å². The van der Waals surface area contributed by atoms with E-state index in [1.807, 2.05) is 0 Å². The molecule has 0 aromatic carbocycles. The van der Waals surface area contributed by atoms with E-state index in [0.29, 0.717) is 35.5 Å². The van der Waals surface area contributed by atoms with Crippen LogP contribution in [0.2, 0.25) is 0 Å². The third kappa shape index (κ3) is 3.53. The normalized spacial score (nSPS) is 20.5. The number of furan rings is 2. The van der Waals surface area contributed by atoms with Crippen LogP contribution in [0.15, 0.2) is 50.6 Å². The molecule has 158 valence electrons. The van der Waals surface area contributed by atoms with Gasteiger partial charge in [0.2, 0.25) is 5.78 Å². The molecule has 0 amide bonds. The lowest BCUT2D eigenvalue weighted by atomic mass is 9.94. The third-order valence-electron chi connectivity index (χ3n) is 5.87. The molecule has 0 spiro atoms. The van der Waals surface area contributed by atoms with Crippen LogP contribution in [-0.2, 0) is 0 Å². The third-order valence-corrected chi connectivity index (χ3v) is 5.87. The monoisotopic (exact) mass is 418 g/mol. The number of carbonyl (C=O) groups is 2. The van der Waals surface area contributed by atoms with Crippen LogP contribution in [0.25, 0.3) is 22.9 Å². The van der Waals surface area contributed by atoms with Crippen molar-refractivity contribution in [2.75, 3.05) is 19.6 Å². The Bertz CT molecular complexity index is 1150. The Morgan fingerprint density at radius 1 is 1.03 bits per heavy atom. The molecule has 2 aliphatic rings. The largest absolute Gasteiger partial charge is 0.463 e. The van der Waals surface area contributed by atoms with E-state index in [-0.39, 0.29) is 35.1 Å². The zero-order chi connectivity index (χ0) is 21.4. The minimum Gasteiger partial charge on any atom is -0.463 e. The lowest BCUT2D eigenvalue weighted by Gasteiger charge is -2.22. The number of hydrogen-bond donors (Lipinski definition) is 0. The molecule has 3 aromatic heterocycles. The highest BCUT2D eigenvalue weighted by Gasteiger charge is 2.35. The standard InChI is InChI=1S/C23H22N4O4/c1-2-27-9-3-6-14(27)13-24-15-12-16(28)19-22(23(15)29)26-21(18-8-5-11-31-18)20(25-19)17-7-4-10-30-17/h4-5,7-8,10-11,14H,2-3,6,9,12-13H2,1H3. The molecule has 1 unspecified atom stereocenters. The molecular formula is C23H22N4O4. The van der Waals surface area contributed by atoms with Crippen molar-refractivity contribution in [3.05, 3.63) is 48.2 Å². The number of hydrogen-bond acceptors (Lipinski definition) is 8. The molecule has 1 aliphatic carbocycles. The molecule has 8 heteroatoms. The van der Waals surface area contributed by atoms with Gasteiger partial charge in [0.1, 0.15) is 22.8 Å². The molecule has 1 aliphatic heterocycles. The Morgan fingerprint density at radius 3 is 2.32 bits per heavy atom. The number of aliphatic imine (C=N–C) groups is 1. The van der Waals surface area contributed by atoms with Crippen LogP contribution in [0.5, 0.6) is 0 Å². The van der Waals surface area contributed by atoms with E-state index < -0.39 is 0 Å². The van der Waals surface area contributed by atoms with Crippen molar-refractivity contribution in [2.24, 2.45) is 4.99 Å². The van der Waals surface area contributed by atoms with Gasteiger partial charge in [0.15, 0.2) is 17.3 Å². The summed E-state index contributed by atoms with van der Waals surface area (Å²) in [5.74, 6) is 0.276. The molecule has 31 heavy (non-hydrogen) atoms. The predicted octanol–water partition coefficient (Wildman–Crippen LogP) is 3.69. The highest BCUT2D eigenvalue weighted by atomic mass is 16.3. The van der Waals surface area contributed by atoms with Crippen LogP contribution in [0, 0.1) is 0 Å². The fraction of sp³-hybridized carbons (Fsp3) is 0.348. The predicted molar refractivity (Wildman–Crippen MR) is 113 cm³/mol. The highest BCUT2D eigenvalue weighted by molar-refractivity contribution is 6.52. The first kappa shape index (κ1) is 19.6. The summed E-state index contributed by atoms with van der Waals surface area (Å²) in [5, 5.41) is 0. The molecular weight excluding hydrogens is 396 g/mol. The van der Waals surface area contributed by atoms with Gasteiger partial charge in [0.25, 0.3) is 0 Å². The van der Waals surface area contributed by atoms with Gasteiger partial charge < -0.3 is 8.83 Å². The van der Waals surface area contributed by atoms with Crippen LogP contribution in [0.3, 0.4) is 0 Å². The molecule has 1 saturated heterocycles. The first-order valence-corrected chi connectivity index (χ1v) is 10.5. The maximum Gasteiger partial charge on any atom is 0.227 e. The van der Waals surface area contributed by atoms with E-state index in [4.69, 9.17) is 8.83 Å².